The van der Waals surface area contributed by atoms with Crippen molar-refractivity contribution in [3.05, 3.63) is 65.9 Å². The van der Waals surface area contributed by atoms with Crippen molar-refractivity contribution in [1.29, 1.82) is 0 Å². The van der Waals surface area contributed by atoms with Crippen LogP contribution in [0.5, 0.6) is 0 Å². The highest BCUT2D eigenvalue weighted by Gasteiger charge is 2.27. The fourth-order valence-corrected chi connectivity index (χ4v) is 5.45. The molecule has 1 amide bonds. The molecule has 1 aliphatic rings. The smallest absolute Gasteiger partial charge is 0.243 e. The largest absolute Gasteiger partial charge is 0.459 e. The van der Waals surface area contributed by atoms with Gasteiger partial charge in [0.2, 0.25) is 15.9 Å². The third kappa shape index (κ3) is 5.03. The summed E-state index contributed by atoms with van der Waals surface area (Å²) in [6, 6.07) is 16.4. The standard InChI is InChI=1S/C24H29N3O4S/c1-18-8-10-21(11-9-18)32(29,30)27-13-5-12-26(14-15-27)17-24(28)25-19(2)23-16-20-6-3-4-7-22(20)31-23/h3-4,6-11,16,19H,5,12-15,17H2,1-2H3,(H,25,28)/t19-/m0/s1. The molecular formula is C24H29N3O4S. The molecule has 32 heavy (non-hydrogen) atoms. The maximum atomic E-state index is 13.0. The first-order valence-electron chi connectivity index (χ1n) is 10.9. The van der Waals surface area contributed by atoms with Gasteiger partial charge in [0.25, 0.3) is 0 Å². The first-order chi connectivity index (χ1) is 15.3. The molecule has 4 rings (SSSR count). The lowest BCUT2D eigenvalue weighted by atomic mass is 10.2. The summed E-state index contributed by atoms with van der Waals surface area (Å²) in [5, 5.41) is 4.00. The molecule has 0 saturated carbocycles. The number of nitrogens with zero attached hydrogens (tertiary/aromatic N) is 2. The Labute approximate surface area is 189 Å². The highest BCUT2D eigenvalue weighted by molar-refractivity contribution is 7.89. The molecule has 8 heteroatoms. The van der Waals surface area contributed by atoms with Crippen LogP contribution in [0.4, 0.5) is 0 Å². The molecule has 170 valence electrons. The summed E-state index contributed by atoms with van der Waals surface area (Å²) in [6.07, 6.45) is 0.678. The lowest BCUT2D eigenvalue weighted by Crippen LogP contribution is -2.40. The number of furan rings is 1. The van der Waals surface area contributed by atoms with E-state index in [4.69, 9.17) is 4.42 Å². The first-order valence-corrected chi connectivity index (χ1v) is 12.3. The summed E-state index contributed by atoms with van der Waals surface area (Å²) in [7, 11) is -3.53. The van der Waals surface area contributed by atoms with Gasteiger partial charge in [0.1, 0.15) is 11.3 Å². The van der Waals surface area contributed by atoms with Crippen LogP contribution in [0.2, 0.25) is 0 Å². The lowest BCUT2D eigenvalue weighted by Gasteiger charge is -2.22. The monoisotopic (exact) mass is 455 g/mol. The van der Waals surface area contributed by atoms with Gasteiger partial charge in [-0.3, -0.25) is 9.69 Å². The van der Waals surface area contributed by atoms with E-state index >= 15 is 0 Å². The fourth-order valence-electron chi connectivity index (χ4n) is 3.98. The Balaban J connectivity index is 1.33. The van der Waals surface area contributed by atoms with Crippen molar-refractivity contribution < 1.29 is 17.6 Å². The fraction of sp³-hybridized carbons (Fsp3) is 0.375. The minimum Gasteiger partial charge on any atom is -0.459 e. The van der Waals surface area contributed by atoms with Crippen LogP contribution >= 0.6 is 0 Å². The molecule has 0 aliphatic carbocycles. The van der Waals surface area contributed by atoms with E-state index in [0.29, 0.717) is 43.3 Å². The van der Waals surface area contributed by atoms with Gasteiger partial charge in [0.05, 0.1) is 17.5 Å². The molecule has 0 radical (unpaired) electrons. The normalized spacial score (nSPS) is 17.2. The second kappa shape index (κ2) is 9.44. The number of carbonyl (C=O) groups excluding carboxylic acids is 1. The van der Waals surface area contributed by atoms with E-state index in [9.17, 15) is 13.2 Å². The van der Waals surface area contributed by atoms with Crippen molar-refractivity contribution in [3.63, 3.8) is 0 Å². The zero-order valence-corrected chi connectivity index (χ0v) is 19.3. The lowest BCUT2D eigenvalue weighted by molar-refractivity contribution is -0.123. The molecule has 1 fully saturated rings. The molecule has 1 atom stereocenters. The average Bonchev–Trinajstić information content (AvgIpc) is 3.06. The number of amides is 1. The SMILES string of the molecule is Cc1ccc(S(=O)(=O)N2CCCN(CC(=O)N[C@@H](C)c3cc4ccccc4o3)CC2)cc1. The second-order valence-corrected chi connectivity index (χ2v) is 10.3. The zero-order valence-electron chi connectivity index (χ0n) is 18.5. The number of rotatable bonds is 6. The molecule has 0 unspecified atom stereocenters. The van der Waals surface area contributed by atoms with E-state index in [-0.39, 0.29) is 18.5 Å². The minimum absolute atomic E-state index is 0.104. The summed E-state index contributed by atoms with van der Waals surface area (Å²) >= 11 is 0. The van der Waals surface area contributed by atoms with Crippen LogP contribution in [0.25, 0.3) is 11.0 Å². The molecule has 1 aromatic heterocycles. The average molecular weight is 456 g/mol. The highest BCUT2D eigenvalue weighted by atomic mass is 32.2. The highest BCUT2D eigenvalue weighted by Crippen LogP contribution is 2.23. The molecule has 1 aliphatic heterocycles. The van der Waals surface area contributed by atoms with E-state index in [1.54, 1.807) is 12.1 Å². The Morgan fingerprint density at radius 3 is 2.56 bits per heavy atom. The number of aryl methyl sites for hydroxylation is 1. The van der Waals surface area contributed by atoms with E-state index in [1.165, 1.54) is 4.31 Å². The van der Waals surface area contributed by atoms with Gasteiger partial charge in [-0.05, 0) is 51.1 Å². The Hall–Kier alpha value is -2.68. The number of benzene rings is 2. The van der Waals surface area contributed by atoms with E-state index < -0.39 is 10.0 Å². The third-order valence-electron chi connectivity index (χ3n) is 5.82. The number of fused-ring (bicyclic) bond motifs is 1. The van der Waals surface area contributed by atoms with Crippen LogP contribution in [-0.4, -0.2) is 56.3 Å². The van der Waals surface area contributed by atoms with Crippen LogP contribution in [0.3, 0.4) is 0 Å². The van der Waals surface area contributed by atoms with Gasteiger partial charge in [0, 0.05) is 25.0 Å². The summed E-state index contributed by atoms with van der Waals surface area (Å²) < 4.78 is 33.3. The van der Waals surface area contributed by atoms with Crippen LogP contribution in [0.1, 0.15) is 30.7 Å². The van der Waals surface area contributed by atoms with Gasteiger partial charge in [-0.1, -0.05) is 35.9 Å². The molecule has 0 bridgehead atoms. The van der Waals surface area contributed by atoms with E-state index in [1.807, 2.05) is 61.2 Å². The summed E-state index contributed by atoms with van der Waals surface area (Å²) in [5.74, 6) is 0.610. The molecule has 2 aromatic carbocycles. The van der Waals surface area contributed by atoms with Crippen molar-refractivity contribution in [2.45, 2.75) is 31.2 Å². The molecule has 1 N–H and O–H groups in total. The number of nitrogens with one attached hydrogen (secondary N) is 1. The number of carbonyl (C=O) groups is 1. The van der Waals surface area contributed by atoms with Crippen molar-refractivity contribution in [2.75, 3.05) is 32.7 Å². The van der Waals surface area contributed by atoms with Crippen LogP contribution in [0.15, 0.2) is 63.9 Å². The minimum atomic E-state index is -3.53. The zero-order chi connectivity index (χ0) is 22.7. The predicted molar refractivity (Wildman–Crippen MR) is 124 cm³/mol. The maximum absolute atomic E-state index is 13.0. The van der Waals surface area contributed by atoms with Crippen LogP contribution < -0.4 is 5.32 Å². The second-order valence-electron chi connectivity index (χ2n) is 8.32. The predicted octanol–water partition coefficient (Wildman–Crippen LogP) is 3.32. The molecular weight excluding hydrogens is 426 g/mol. The van der Waals surface area contributed by atoms with Crippen molar-refractivity contribution in [2.24, 2.45) is 0 Å². The first kappa shape index (κ1) is 22.5. The van der Waals surface area contributed by atoms with E-state index in [2.05, 4.69) is 5.32 Å². The molecule has 3 aromatic rings. The molecule has 7 nitrogen and oxygen atoms in total. The summed E-state index contributed by atoms with van der Waals surface area (Å²) in [5.41, 5.74) is 1.82. The van der Waals surface area contributed by atoms with Gasteiger partial charge in [-0.25, -0.2) is 8.42 Å². The van der Waals surface area contributed by atoms with Crippen LogP contribution in [0, 0.1) is 6.92 Å². The Kier molecular flexibility index (Phi) is 6.64. The van der Waals surface area contributed by atoms with Gasteiger partial charge in [-0.2, -0.15) is 4.31 Å². The number of hydrogen-bond acceptors (Lipinski definition) is 5. The quantitative estimate of drug-likeness (QED) is 0.617. The topological polar surface area (TPSA) is 82.9 Å². The number of para-hydroxylation sites is 1. The number of sulfonamides is 1. The van der Waals surface area contributed by atoms with Gasteiger partial charge < -0.3 is 9.73 Å². The van der Waals surface area contributed by atoms with Crippen molar-refractivity contribution in [3.8, 4) is 0 Å². The summed E-state index contributed by atoms with van der Waals surface area (Å²) in [4.78, 5) is 14.9. The Morgan fingerprint density at radius 2 is 1.81 bits per heavy atom. The van der Waals surface area contributed by atoms with E-state index in [0.717, 1.165) is 16.5 Å². The van der Waals surface area contributed by atoms with Gasteiger partial charge in [0.15, 0.2) is 0 Å². The maximum Gasteiger partial charge on any atom is 0.243 e. The van der Waals surface area contributed by atoms with Crippen molar-refractivity contribution in [1.82, 2.24) is 14.5 Å². The molecule has 2 heterocycles. The number of hydrogen-bond donors (Lipinski definition) is 1. The Bertz CT molecular complexity index is 1150. The third-order valence-corrected chi connectivity index (χ3v) is 7.74. The Morgan fingerprint density at radius 1 is 1.06 bits per heavy atom. The van der Waals surface area contributed by atoms with Gasteiger partial charge >= 0.3 is 0 Å². The van der Waals surface area contributed by atoms with Crippen molar-refractivity contribution >= 4 is 26.9 Å². The summed E-state index contributed by atoms with van der Waals surface area (Å²) in [6.45, 7) is 6.05. The molecule has 0 spiro atoms. The molecule has 1 saturated heterocycles. The van der Waals surface area contributed by atoms with Gasteiger partial charge in [-0.15, -0.1) is 0 Å². The van der Waals surface area contributed by atoms with Crippen LogP contribution in [-0.2, 0) is 14.8 Å².